The van der Waals surface area contributed by atoms with Crippen LogP contribution in [-0.4, -0.2) is 46.1 Å². The quantitative estimate of drug-likeness (QED) is 0.0491. The van der Waals surface area contributed by atoms with Gasteiger partial charge in [-0.05, 0) is 12.8 Å². The summed E-state index contributed by atoms with van der Waals surface area (Å²) >= 11 is 0. The van der Waals surface area contributed by atoms with E-state index in [0.29, 0.717) is 12.8 Å². The van der Waals surface area contributed by atoms with Crippen LogP contribution in [0.5, 0.6) is 0 Å². The molecule has 0 aromatic rings. The van der Waals surface area contributed by atoms with Crippen molar-refractivity contribution in [2.75, 3.05) is 6.61 Å². The third kappa shape index (κ3) is 33.6. The van der Waals surface area contributed by atoms with Gasteiger partial charge in [-0.1, -0.05) is 226 Å². The van der Waals surface area contributed by atoms with Gasteiger partial charge < -0.3 is 20.6 Å². The summed E-state index contributed by atoms with van der Waals surface area (Å²) < 4.78 is 0. The van der Waals surface area contributed by atoms with Crippen molar-refractivity contribution in [3.63, 3.8) is 0 Å². The summed E-state index contributed by atoms with van der Waals surface area (Å²) in [5.74, 6) is -0.466. The number of hydrogen-bond acceptors (Lipinski definition) is 4. The second-order valence-electron chi connectivity index (χ2n) is 14.9. The lowest BCUT2D eigenvalue weighted by Crippen LogP contribution is -2.49. The van der Waals surface area contributed by atoms with Gasteiger partial charge in [0, 0.05) is 0 Å². The van der Waals surface area contributed by atoms with Crippen LogP contribution < -0.4 is 5.32 Å². The average Bonchev–Trinajstić information content (AvgIpc) is 3.07. The number of aliphatic hydroxyl groups excluding tert-OH is 3. The Bertz CT molecular complexity index is 615. The lowest BCUT2D eigenvalue weighted by Gasteiger charge is -2.23. The normalized spacial score (nSPS) is 13.6. The Morgan fingerprint density at radius 3 is 0.957 bits per heavy atom. The molecule has 0 heterocycles. The van der Waals surface area contributed by atoms with Crippen molar-refractivity contribution in [1.29, 1.82) is 0 Å². The van der Waals surface area contributed by atoms with Crippen LogP contribution in [0.15, 0.2) is 0 Å². The minimum Gasteiger partial charge on any atom is -0.394 e. The maximum absolute atomic E-state index is 12.5. The van der Waals surface area contributed by atoms with Crippen LogP contribution in [0.3, 0.4) is 0 Å². The molecule has 0 aliphatic heterocycles. The van der Waals surface area contributed by atoms with E-state index in [1.807, 2.05) is 0 Å². The molecule has 0 spiro atoms. The van der Waals surface area contributed by atoms with Crippen LogP contribution in [-0.2, 0) is 4.79 Å². The molecule has 4 N–H and O–H groups in total. The summed E-state index contributed by atoms with van der Waals surface area (Å²) in [6.45, 7) is 4.24. The van der Waals surface area contributed by atoms with Gasteiger partial charge in [-0.2, -0.15) is 0 Å². The first-order chi connectivity index (χ1) is 23.1. The Morgan fingerprint density at radius 2 is 0.681 bits per heavy atom. The van der Waals surface area contributed by atoms with E-state index in [1.54, 1.807) is 0 Å². The Balaban J connectivity index is 3.57. The molecule has 0 saturated carbocycles. The van der Waals surface area contributed by atoms with Crippen LogP contribution in [0.4, 0.5) is 0 Å². The number of hydrogen-bond donors (Lipinski definition) is 4. The van der Waals surface area contributed by atoms with Gasteiger partial charge in [-0.15, -0.1) is 0 Å². The van der Waals surface area contributed by atoms with Gasteiger partial charge >= 0.3 is 0 Å². The highest BCUT2D eigenvalue weighted by molar-refractivity contribution is 5.80. The summed E-state index contributed by atoms with van der Waals surface area (Å²) in [5, 5.41) is 33.2. The van der Waals surface area contributed by atoms with Crippen molar-refractivity contribution < 1.29 is 20.1 Å². The lowest BCUT2D eigenvalue weighted by molar-refractivity contribution is -0.131. The van der Waals surface area contributed by atoms with Crippen molar-refractivity contribution in [2.24, 2.45) is 0 Å². The van der Waals surface area contributed by atoms with E-state index >= 15 is 0 Å². The predicted octanol–water partition coefficient (Wildman–Crippen LogP) is 11.9. The molecule has 0 radical (unpaired) electrons. The number of carbonyl (C=O) groups excluding carboxylic acids is 1. The van der Waals surface area contributed by atoms with Crippen molar-refractivity contribution in [3.05, 3.63) is 0 Å². The summed E-state index contributed by atoms with van der Waals surface area (Å²) in [7, 11) is 0. The summed E-state index contributed by atoms with van der Waals surface area (Å²) in [4.78, 5) is 12.5. The highest BCUT2D eigenvalue weighted by Gasteiger charge is 2.23. The van der Waals surface area contributed by atoms with Crippen LogP contribution in [0.25, 0.3) is 0 Å². The number of nitrogens with one attached hydrogen (secondary N) is 1. The Kier molecular flexibility index (Phi) is 37.6. The van der Waals surface area contributed by atoms with Crippen LogP contribution in [0.2, 0.25) is 0 Å². The van der Waals surface area contributed by atoms with E-state index < -0.39 is 24.2 Å². The monoisotopic (exact) mass is 668 g/mol. The molecule has 47 heavy (non-hydrogen) atoms. The zero-order valence-corrected chi connectivity index (χ0v) is 31.9. The maximum Gasteiger partial charge on any atom is 0.249 e. The molecule has 0 aromatic heterocycles. The molecule has 0 rings (SSSR count). The maximum atomic E-state index is 12.5. The largest absolute Gasteiger partial charge is 0.394 e. The SMILES string of the molecule is CCCCCCCCCCCCCCCCCCCCCC[C@H](O)C(=O)N[C@@H](CO)[C@H](O)CCCCCCCCCCCCCCC. The fourth-order valence-corrected chi connectivity index (χ4v) is 6.84. The molecule has 0 aliphatic carbocycles. The Hall–Kier alpha value is -0.650. The first-order valence-electron chi connectivity index (χ1n) is 21.3. The first-order valence-corrected chi connectivity index (χ1v) is 21.3. The molecule has 0 fully saturated rings. The third-order valence-electron chi connectivity index (χ3n) is 10.2. The average molecular weight is 668 g/mol. The topological polar surface area (TPSA) is 89.8 Å². The highest BCUT2D eigenvalue weighted by atomic mass is 16.3. The summed E-state index contributed by atoms with van der Waals surface area (Å²) in [6, 6.07) is -0.704. The molecule has 0 unspecified atom stereocenters. The standard InChI is InChI=1S/C42H85NO4/c1-3-5-7-9-11-13-15-17-18-19-20-21-22-23-25-27-29-31-33-35-37-41(46)42(47)43-39(38-44)40(45)36-34-32-30-28-26-24-16-14-12-10-8-6-4-2/h39-41,44-46H,3-38H2,1-2H3,(H,43,47)/t39-,40+,41-/m0/s1. The summed E-state index contributed by atoms with van der Waals surface area (Å²) in [6.07, 6.45) is 42.4. The van der Waals surface area contributed by atoms with Crippen molar-refractivity contribution in [3.8, 4) is 0 Å². The van der Waals surface area contributed by atoms with Gasteiger partial charge in [0.2, 0.25) is 5.91 Å². The number of aliphatic hydroxyl groups is 3. The fourth-order valence-electron chi connectivity index (χ4n) is 6.84. The zero-order chi connectivity index (χ0) is 34.5. The van der Waals surface area contributed by atoms with E-state index in [-0.39, 0.29) is 6.61 Å². The second-order valence-corrected chi connectivity index (χ2v) is 14.9. The molecule has 3 atom stereocenters. The molecule has 0 saturated heterocycles. The minimum atomic E-state index is -1.07. The van der Waals surface area contributed by atoms with Gasteiger partial charge in [0.25, 0.3) is 0 Å². The van der Waals surface area contributed by atoms with Gasteiger partial charge in [0.1, 0.15) is 6.10 Å². The molecular formula is C42H85NO4. The Morgan fingerprint density at radius 1 is 0.426 bits per heavy atom. The molecule has 1 amide bonds. The molecule has 5 nitrogen and oxygen atoms in total. The number of amides is 1. The molecule has 5 heteroatoms. The predicted molar refractivity (Wildman–Crippen MR) is 204 cm³/mol. The van der Waals surface area contributed by atoms with Crippen LogP contribution >= 0.6 is 0 Å². The number of rotatable bonds is 39. The second kappa shape index (κ2) is 38.2. The van der Waals surface area contributed by atoms with Gasteiger partial charge in [-0.25, -0.2) is 0 Å². The van der Waals surface area contributed by atoms with Gasteiger partial charge in [-0.3, -0.25) is 4.79 Å². The number of carbonyl (C=O) groups is 1. The van der Waals surface area contributed by atoms with Crippen molar-refractivity contribution in [1.82, 2.24) is 5.32 Å². The van der Waals surface area contributed by atoms with Crippen LogP contribution in [0, 0.1) is 0 Å². The van der Waals surface area contributed by atoms with Crippen molar-refractivity contribution in [2.45, 2.75) is 257 Å². The van der Waals surface area contributed by atoms with E-state index in [4.69, 9.17) is 0 Å². The third-order valence-corrected chi connectivity index (χ3v) is 10.2. The highest BCUT2D eigenvalue weighted by Crippen LogP contribution is 2.17. The van der Waals surface area contributed by atoms with Crippen molar-refractivity contribution >= 4 is 5.91 Å². The van der Waals surface area contributed by atoms with E-state index in [0.717, 1.165) is 32.1 Å². The zero-order valence-electron chi connectivity index (χ0n) is 31.9. The molecule has 282 valence electrons. The van der Waals surface area contributed by atoms with E-state index in [9.17, 15) is 20.1 Å². The first kappa shape index (κ1) is 46.4. The smallest absolute Gasteiger partial charge is 0.249 e. The molecule has 0 aromatic carbocycles. The van der Waals surface area contributed by atoms with Gasteiger partial charge in [0.05, 0.1) is 18.8 Å². The minimum absolute atomic E-state index is 0.308. The van der Waals surface area contributed by atoms with Gasteiger partial charge in [0.15, 0.2) is 0 Å². The fraction of sp³-hybridized carbons (Fsp3) is 0.976. The molecule has 0 bridgehead atoms. The molecular weight excluding hydrogens is 582 g/mol. The van der Waals surface area contributed by atoms with E-state index in [2.05, 4.69) is 19.2 Å². The molecule has 0 aliphatic rings. The van der Waals surface area contributed by atoms with Crippen LogP contribution in [0.1, 0.15) is 239 Å². The van der Waals surface area contributed by atoms with E-state index in [1.165, 1.54) is 180 Å². The number of unbranched alkanes of at least 4 members (excludes halogenated alkanes) is 31. The summed E-state index contributed by atoms with van der Waals surface area (Å²) in [5.41, 5.74) is 0. The Labute approximate surface area is 294 Å². The lowest BCUT2D eigenvalue weighted by atomic mass is 10.0.